The van der Waals surface area contributed by atoms with Gasteiger partial charge in [0, 0.05) is 17.3 Å². The van der Waals surface area contributed by atoms with Gasteiger partial charge in [0.05, 0.1) is 0 Å². The van der Waals surface area contributed by atoms with Crippen molar-refractivity contribution < 1.29 is 4.92 Å². The molecule has 0 amide bonds. The Morgan fingerprint density at radius 3 is 2.71 bits per heavy atom. The summed E-state index contributed by atoms with van der Waals surface area (Å²) in [5, 5.41) is 10.8. The summed E-state index contributed by atoms with van der Waals surface area (Å²) in [6.07, 6.45) is 10.1. The molecule has 0 aromatic rings. The molecule has 0 N–H and O–H groups in total. The van der Waals surface area contributed by atoms with Gasteiger partial charge in [0.1, 0.15) is 0 Å². The second-order valence-corrected chi connectivity index (χ2v) is 4.05. The van der Waals surface area contributed by atoms with Crippen LogP contribution in [0.1, 0.15) is 45.4 Å². The zero-order chi connectivity index (χ0) is 10.4. The van der Waals surface area contributed by atoms with Crippen LogP contribution in [0.3, 0.4) is 0 Å². The molecule has 3 nitrogen and oxygen atoms in total. The first-order valence-corrected chi connectivity index (χ1v) is 5.54. The van der Waals surface area contributed by atoms with Gasteiger partial charge in [-0.1, -0.05) is 38.3 Å². The van der Waals surface area contributed by atoms with Crippen molar-refractivity contribution in [2.45, 2.75) is 51.5 Å². The van der Waals surface area contributed by atoms with Crippen LogP contribution in [0.25, 0.3) is 0 Å². The zero-order valence-corrected chi connectivity index (χ0v) is 8.82. The fraction of sp³-hybridized carbons (Fsp3) is 0.818. The van der Waals surface area contributed by atoms with Gasteiger partial charge in [-0.05, 0) is 12.8 Å². The van der Waals surface area contributed by atoms with Gasteiger partial charge < -0.3 is 0 Å². The van der Waals surface area contributed by atoms with E-state index in [-0.39, 0.29) is 16.9 Å². The molecule has 1 aliphatic carbocycles. The third-order valence-corrected chi connectivity index (χ3v) is 2.98. The first-order chi connectivity index (χ1) is 6.75. The summed E-state index contributed by atoms with van der Waals surface area (Å²) in [4.78, 5) is 10.7. The molecule has 0 aliphatic heterocycles. The van der Waals surface area contributed by atoms with Crippen LogP contribution >= 0.6 is 0 Å². The van der Waals surface area contributed by atoms with Gasteiger partial charge in [0.15, 0.2) is 0 Å². The van der Waals surface area contributed by atoms with Crippen LogP contribution in [-0.4, -0.2) is 11.0 Å². The second-order valence-electron chi connectivity index (χ2n) is 4.05. The van der Waals surface area contributed by atoms with Gasteiger partial charge in [-0.2, -0.15) is 0 Å². The number of hydrogen-bond acceptors (Lipinski definition) is 2. The van der Waals surface area contributed by atoms with E-state index in [9.17, 15) is 10.1 Å². The summed E-state index contributed by atoms with van der Waals surface area (Å²) in [7, 11) is 0. The summed E-state index contributed by atoms with van der Waals surface area (Å²) in [5.74, 6) is 0.279. The number of rotatable bonds is 5. The molecular formula is C11H19NO2. The Morgan fingerprint density at radius 2 is 2.07 bits per heavy atom. The molecule has 0 fully saturated rings. The maximum Gasteiger partial charge on any atom is 0.219 e. The molecule has 0 heterocycles. The normalized spacial score (nSPS) is 26.4. The Kier molecular flexibility index (Phi) is 4.63. The van der Waals surface area contributed by atoms with E-state index < -0.39 is 0 Å². The van der Waals surface area contributed by atoms with E-state index in [0.717, 1.165) is 19.3 Å². The van der Waals surface area contributed by atoms with Gasteiger partial charge in [0.2, 0.25) is 6.04 Å². The van der Waals surface area contributed by atoms with Crippen molar-refractivity contribution in [2.75, 3.05) is 0 Å². The van der Waals surface area contributed by atoms with Crippen LogP contribution in [0.4, 0.5) is 0 Å². The van der Waals surface area contributed by atoms with Crippen molar-refractivity contribution in [3.05, 3.63) is 22.3 Å². The lowest BCUT2D eigenvalue weighted by Crippen LogP contribution is -2.30. The number of hydrogen-bond donors (Lipinski definition) is 0. The first kappa shape index (κ1) is 11.2. The van der Waals surface area contributed by atoms with E-state index in [4.69, 9.17) is 0 Å². The minimum absolute atomic E-state index is 0.0971. The molecule has 1 aliphatic rings. The van der Waals surface area contributed by atoms with Gasteiger partial charge in [-0.25, -0.2) is 0 Å². The standard InChI is InChI=1S/C11H19NO2/c1-2-3-4-7-10-8-5-6-9-11(10)12(13)14/h5-6,10-11H,2-4,7-9H2,1H3. The number of unbranched alkanes of at least 4 members (excludes halogenated alkanes) is 2. The molecule has 1 rings (SSSR count). The molecule has 80 valence electrons. The predicted octanol–water partition coefficient (Wildman–Crippen LogP) is 3.18. The Balaban J connectivity index is 2.39. The summed E-state index contributed by atoms with van der Waals surface area (Å²) in [6.45, 7) is 2.16. The predicted molar refractivity (Wildman–Crippen MR) is 56.8 cm³/mol. The number of nitro groups is 1. The molecule has 0 aromatic carbocycles. The van der Waals surface area contributed by atoms with Crippen molar-refractivity contribution in [1.82, 2.24) is 0 Å². The van der Waals surface area contributed by atoms with Crippen LogP contribution in [-0.2, 0) is 0 Å². The van der Waals surface area contributed by atoms with E-state index in [1.165, 1.54) is 12.8 Å². The highest BCUT2D eigenvalue weighted by atomic mass is 16.6. The summed E-state index contributed by atoms with van der Waals surface area (Å²) >= 11 is 0. The highest BCUT2D eigenvalue weighted by molar-refractivity contribution is 4.94. The van der Waals surface area contributed by atoms with Crippen LogP contribution in [0.2, 0.25) is 0 Å². The third kappa shape index (κ3) is 3.13. The average Bonchev–Trinajstić information content (AvgIpc) is 2.19. The fourth-order valence-corrected chi connectivity index (χ4v) is 2.08. The molecule has 0 aromatic heterocycles. The van der Waals surface area contributed by atoms with Crippen molar-refractivity contribution in [3.63, 3.8) is 0 Å². The molecule has 0 bridgehead atoms. The van der Waals surface area contributed by atoms with Gasteiger partial charge in [0.25, 0.3) is 0 Å². The van der Waals surface area contributed by atoms with Crippen molar-refractivity contribution in [2.24, 2.45) is 5.92 Å². The topological polar surface area (TPSA) is 43.1 Å². The molecular weight excluding hydrogens is 178 g/mol. The van der Waals surface area contributed by atoms with Crippen LogP contribution < -0.4 is 0 Å². The van der Waals surface area contributed by atoms with Crippen LogP contribution in [0, 0.1) is 16.0 Å². The summed E-state index contributed by atoms with van der Waals surface area (Å²) in [6, 6.07) is -0.322. The molecule has 2 atom stereocenters. The third-order valence-electron chi connectivity index (χ3n) is 2.98. The van der Waals surface area contributed by atoms with Gasteiger partial charge >= 0.3 is 0 Å². The lowest BCUT2D eigenvalue weighted by Gasteiger charge is -2.21. The lowest BCUT2D eigenvalue weighted by molar-refractivity contribution is -0.532. The van der Waals surface area contributed by atoms with Gasteiger partial charge in [-0.15, -0.1) is 0 Å². The Hall–Kier alpha value is -0.860. The number of allylic oxidation sites excluding steroid dienone is 1. The van der Waals surface area contributed by atoms with E-state index >= 15 is 0 Å². The van der Waals surface area contributed by atoms with E-state index in [0.29, 0.717) is 6.42 Å². The minimum Gasteiger partial charge on any atom is -0.264 e. The Morgan fingerprint density at radius 1 is 1.36 bits per heavy atom. The minimum atomic E-state index is -0.322. The van der Waals surface area contributed by atoms with Crippen LogP contribution in [0.15, 0.2) is 12.2 Å². The molecule has 0 saturated heterocycles. The summed E-state index contributed by atoms with van der Waals surface area (Å²) < 4.78 is 0. The lowest BCUT2D eigenvalue weighted by atomic mass is 9.85. The maximum atomic E-state index is 10.8. The molecule has 0 saturated carbocycles. The average molecular weight is 197 g/mol. The quantitative estimate of drug-likeness (QED) is 0.294. The molecule has 0 spiro atoms. The van der Waals surface area contributed by atoms with E-state index in [1.54, 1.807) is 0 Å². The highest BCUT2D eigenvalue weighted by Crippen LogP contribution is 2.26. The SMILES string of the molecule is CCCCCC1CC=CCC1[N+](=O)[O-]. The summed E-state index contributed by atoms with van der Waals surface area (Å²) in [5.41, 5.74) is 0. The first-order valence-electron chi connectivity index (χ1n) is 5.54. The fourth-order valence-electron chi connectivity index (χ4n) is 2.08. The van der Waals surface area contributed by atoms with E-state index in [1.807, 2.05) is 6.08 Å². The molecule has 14 heavy (non-hydrogen) atoms. The molecule has 2 unspecified atom stereocenters. The highest BCUT2D eigenvalue weighted by Gasteiger charge is 2.30. The number of nitrogens with zero attached hydrogens (tertiary/aromatic N) is 1. The second kappa shape index (κ2) is 5.78. The van der Waals surface area contributed by atoms with Crippen LogP contribution in [0.5, 0.6) is 0 Å². The largest absolute Gasteiger partial charge is 0.264 e. The zero-order valence-electron chi connectivity index (χ0n) is 8.82. The van der Waals surface area contributed by atoms with E-state index in [2.05, 4.69) is 13.0 Å². The monoisotopic (exact) mass is 197 g/mol. The van der Waals surface area contributed by atoms with Crippen molar-refractivity contribution in [3.8, 4) is 0 Å². The van der Waals surface area contributed by atoms with Crippen molar-refractivity contribution >= 4 is 0 Å². The smallest absolute Gasteiger partial charge is 0.219 e. The molecule has 3 heteroatoms. The van der Waals surface area contributed by atoms with Gasteiger partial charge in [-0.3, -0.25) is 10.1 Å². The maximum absolute atomic E-state index is 10.8. The Bertz CT molecular complexity index is 213. The van der Waals surface area contributed by atoms with Crippen molar-refractivity contribution in [1.29, 1.82) is 0 Å². The Labute approximate surface area is 85.3 Å². The molecule has 0 radical (unpaired) electrons.